The third-order valence-corrected chi connectivity index (χ3v) is 3.38. The highest BCUT2D eigenvalue weighted by Gasteiger charge is 2.21. The number of nitro benzene ring substituents is 1. The number of aldehydes is 1. The van der Waals surface area contributed by atoms with E-state index in [2.05, 4.69) is 31.9 Å². The van der Waals surface area contributed by atoms with Crippen LogP contribution >= 0.6 is 31.9 Å². The number of carbonyl (C=O) groups excluding carboxylic acids is 2. The van der Waals surface area contributed by atoms with Gasteiger partial charge in [-0.25, -0.2) is 4.79 Å². The van der Waals surface area contributed by atoms with Crippen LogP contribution in [0.3, 0.4) is 0 Å². The Hall–Kier alpha value is -2.00. The molecule has 0 atom stereocenters. The summed E-state index contributed by atoms with van der Waals surface area (Å²) in [5.41, 5.74) is -0.431. The van der Waals surface area contributed by atoms with Gasteiger partial charge in [0.1, 0.15) is 0 Å². The highest BCUT2D eigenvalue weighted by Crippen LogP contribution is 2.33. The largest absolute Gasteiger partial charge is 0.442 e. The van der Waals surface area contributed by atoms with Crippen molar-refractivity contribution < 1.29 is 23.7 Å². The molecule has 0 amide bonds. The Balaban J connectivity index is 2.37. The molecular formula is C12H5Br2NO6. The molecule has 0 aliphatic heterocycles. The molecule has 0 fully saturated rings. The van der Waals surface area contributed by atoms with Gasteiger partial charge in [-0.3, -0.25) is 14.9 Å². The van der Waals surface area contributed by atoms with Crippen LogP contribution in [-0.4, -0.2) is 17.2 Å². The molecule has 108 valence electrons. The van der Waals surface area contributed by atoms with Crippen LogP contribution in [0, 0.1) is 10.1 Å². The fourth-order valence-electron chi connectivity index (χ4n) is 1.47. The molecule has 7 nitrogen and oxygen atoms in total. The van der Waals surface area contributed by atoms with Crippen molar-refractivity contribution in [3.05, 3.63) is 54.8 Å². The minimum atomic E-state index is -0.835. The quantitative estimate of drug-likeness (QED) is 0.246. The van der Waals surface area contributed by atoms with Gasteiger partial charge in [0.2, 0.25) is 5.76 Å². The molecule has 0 unspecified atom stereocenters. The highest BCUT2D eigenvalue weighted by atomic mass is 79.9. The lowest BCUT2D eigenvalue weighted by atomic mass is 10.2. The molecule has 0 aliphatic carbocycles. The topological polar surface area (TPSA) is 99.6 Å². The fourth-order valence-corrected chi connectivity index (χ4v) is 2.32. The van der Waals surface area contributed by atoms with E-state index in [0.717, 1.165) is 12.1 Å². The van der Waals surface area contributed by atoms with Gasteiger partial charge in [-0.2, -0.15) is 0 Å². The summed E-state index contributed by atoms with van der Waals surface area (Å²) >= 11 is 6.07. The minimum absolute atomic E-state index is 0.0797. The molecule has 1 aromatic heterocycles. The van der Waals surface area contributed by atoms with Crippen molar-refractivity contribution in [1.82, 2.24) is 0 Å². The number of halogens is 2. The van der Waals surface area contributed by atoms with Gasteiger partial charge in [-0.15, -0.1) is 0 Å². The summed E-state index contributed by atoms with van der Waals surface area (Å²) in [4.78, 5) is 32.9. The van der Waals surface area contributed by atoms with Crippen LogP contribution in [0.15, 0.2) is 37.8 Å². The third-order valence-electron chi connectivity index (χ3n) is 2.36. The van der Waals surface area contributed by atoms with E-state index in [1.165, 1.54) is 12.1 Å². The van der Waals surface area contributed by atoms with E-state index in [1.54, 1.807) is 0 Å². The van der Waals surface area contributed by atoms with E-state index in [9.17, 15) is 19.7 Å². The summed E-state index contributed by atoms with van der Waals surface area (Å²) in [6.07, 6.45) is 0.360. The van der Waals surface area contributed by atoms with Crippen molar-refractivity contribution in [2.45, 2.75) is 0 Å². The predicted octanol–water partition coefficient (Wildman–Crippen LogP) is 3.74. The average Bonchev–Trinajstić information content (AvgIpc) is 2.87. The molecule has 1 heterocycles. The Morgan fingerprint density at radius 1 is 1.33 bits per heavy atom. The number of benzene rings is 1. The first-order chi connectivity index (χ1) is 9.92. The molecule has 21 heavy (non-hydrogen) atoms. The molecule has 0 bridgehead atoms. The van der Waals surface area contributed by atoms with E-state index >= 15 is 0 Å². The van der Waals surface area contributed by atoms with E-state index in [-0.39, 0.29) is 27.2 Å². The average molecular weight is 419 g/mol. The number of hydrogen-bond acceptors (Lipinski definition) is 6. The van der Waals surface area contributed by atoms with Gasteiger partial charge in [0.05, 0.1) is 15.0 Å². The standard InChI is InChI=1S/C12H5Br2NO6/c13-8-4-7(15(18)19)3-6(5-16)11(8)21-12(17)9-1-2-10(14)20-9/h1-5H. The van der Waals surface area contributed by atoms with E-state index in [4.69, 9.17) is 9.15 Å². The maximum absolute atomic E-state index is 11.9. The van der Waals surface area contributed by atoms with Crippen molar-refractivity contribution in [2.75, 3.05) is 0 Å². The van der Waals surface area contributed by atoms with Crippen LogP contribution in [0.1, 0.15) is 20.9 Å². The zero-order valence-corrected chi connectivity index (χ0v) is 13.2. The number of furan rings is 1. The number of ether oxygens (including phenoxy) is 1. The second kappa shape index (κ2) is 6.19. The van der Waals surface area contributed by atoms with Crippen LogP contribution in [0.25, 0.3) is 0 Å². The predicted molar refractivity (Wildman–Crippen MR) is 77.6 cm³/mol. The summed E-state index contributed by atoms with van der Waals surface area (Å²) in [7, 11) is 0. The van der Waals surface area contributed by atoms with Crippen molar-refractivity contribution >= 4 is 49.8 Å². The Morgan fingerprint density at radius 3 is 2.57 bits per heavy atom. The molecular weight excluding hydrogens is 414 g/mol. The first kappa shape index (κ1) is 15.4. The summed E-state index contributed by atoms with van der Waals surface area (Å²) in [5.74, 6) is -1.03. The van der Waals surface area contributed by atoms with Crippen molar-refractivity contribution in [1.29, 1.82) is 0 Å². The van der Waals surface area contributed by atoms with Crippen molar-refractivity contribution in [3.8, 4) is 5.75 Å². The lowest BCUT2D eigenvalue weighted by Gasteiger charge is -2.07. The second-order valence-corrected chi connectivity index (χ2v) is 5.35. The second-order valence-electron chi connectivity index (χ2n) is 3.71. The lowest BCUT2D eigenvalue weighted by Crippen LogP contribution is -2.09. The molecule has 1 aromatic carbocycles. The van der Waals surface area contributed by atoms with Crippen molar-refractivity contribution in [3.63, 3.8) is 0 Å². The lowest BCUT2D eigenvalue weighted by molar-refractivity contribution is -0.385. The van der Waals surface area contributed by atoms with Gasteiger partial charge >= 0.3 is 5.97 Å². The van der Waals surface area contributed by atoms with Gasteiger partial charge in [0.25, 0.3) is 5.69 Å². The van der Waals surface area contributed by atoms with Gasteiger partial charge in [0.15, 0.2) is 16.7 Å². The molecule has 2 rings (SSSR count). The Kier molecular flexibility index (Phi) is 4.53. The molecule has 0 radical (unpaired) electrons. The van der Waals surface area contributed by atoms with Gasteiger partial charge in [-0.1, -0.05) is 0 Å². The molecule has 0 N–H and O–H groups in total. The Labute approximate surface area is 134 Å². The molecule has 9 heteroatoms. The first-order valence-electron chi connectivity index (χ1n) is 5.33. The number of esters is 1. The van der Waals surface area contributed by atoms with Gasteiger partial charge < -0.3 is 9.15 Å². The van der Waals surface area contributed by atoms with Crippen LogP contribution in [0.2, 0.25) is 0 Å². The summed E-state index contributed by atoms with van der Waals surface area (Å²) in [6.45, 7) is 0. The summed E-state index contributed by atoms with van der Waals surface area (Å²) in [6, 6.07) is 5.03. The zero-order chi connectivity index (χ0) is 15.6. The molecule has 0 aliphatic rings. The van der Waals surface area contributed by atoms with Crippen LogP contribution in [0.5, 0.6) is 5.75 Å². The summed E-state index contributed by atoms with van der Waals surface area (Å²) < 4.78 is 10.5. The van der Waals surface area contributed by atoms with Gasteiger partial charge in [0, 0.05) is 12.1 Å². The van der Waals surface area contributed by atoms with Gasteiger partial charge in [-0.05, 0) is 44.0 Å². The minimum Gasteiger partial charge on any atom is -0.442 e. The number of nitro groups is 1. The van der Waals surface area contributed by atoms with Crippen LogP contribution < -0.4 is 4.74 Å². The Bertz CT molecular complexity index is 739. The highest BCUT2D eigenvalue weighted by molar-refractivity contribution is 9.10. The van der Waals surface area contributed by atoms with E-state index in [0.29, 0.717) is 11.0 Å². The number of hydrogen-bond donors (Lipinski definition) is 0. The number of carbonyl (C=O) groups is 2. The third kappa shape index (κ3) is 3.37. The monoisotopic (exact) mass is 417 g/mol. The number of nitrogens with zero attached hydrogens (tertiary/aromatic N) is 1. The smallest absolute Gasteiger partial charge is 0.379 e. The molecule has 0 saturated heterocycles. The fraction of sp³-hybridized carbons (Fsp3) is 0. The summed E-state index contributed by atoms with van der Waals surface area (Å²) in [5, 5.41) is 10.7. The molecule has 0 spiro atoms. The van der Waals surface area contributed by atoms with Crippen molar-refractivity contribution in [2.24, 2.45) is 0 Å². The normalized spacial score (nSPS) is 10.2. The molecule has 2 aromatic rings. The van der Waals surface area contributed by atoms with E-state index in [1.807, 2.05) is 0 Å². The number of non-ortho nitro benzene ring substituents is 1. The van der Waals surface area contributed by atoms with Crippen LogP contribution in [0.4, 0.5) is 5.69 Å². The SMILES string of the molecule is O=Cc1cc([N+](=O)[O-])cc(Br)c1OC(=O)c1ccc(Br)o1. The van der Waals surface area contributed by atoms with Crippen LogP contribution in [-0.2, 0) is 0 Å². The zero-order valence-electron chi connectivity index (χ0n) is 10.0. The Morgan fingerprint density at radius 2 is 2.05 bits per heavy atom. The maximum Gasteiger partial charge on any atom is 0.379 e. The maximum atomic E-state index is 11.9. The van der Waals surface area contributed by atoms with E-state index < -0.39 is 10.9 Å². The molecule has 0 saturated carbocycles. The first-order valence-corrected chi connectivity index (χ1v) is 6.91. The number of rotatable bonds is 4.